The topological polar surface area (TPSA) is 17.1 Å². The molecule has 0 fully saturated rings. The van der Waals surface area contributed by atoms with Crippen LogP contribution in [0.1, 0.15) is 27.7 Å². The summed E-state index contributed by atoms with van der Waals surface area (Å²) in [4.78, 5) is 13.1. The Morgan fingerprint density at radius 2 is 1.15 bits per heavy atom. The predicted octanol–water partition coefficient (Wildman–Crippen LogP) is 3.39. The summed E-state index contributed by atoms with van der Waals surface area (Å²) in [5, 5.41) is 0. The monoisotopic (exact) mass is 266 g/mol. The first-order valence-corrected chi connectivity index (χ1v) is 7.04. The van der Waals surface area contributed by atoms with Crippen molar-refractivity contribution in [1.82, 2.24) is 0 Å². The van der Waals surface area contributed by atoms with Gasteiger partial charge in [-0.3, -0.25) is 4.79 Å². The largest absolute Gasteiger partial charge is 0.299 e. The lowest BCUT2D eigenvalue weighted by atomic mass is 9.89. The standard InChI is InChI=1S/C19H18O/c20-19-17-9-13-5-1-2-6-14(13)10-18(19)12-16-8-4-3-7-15(16)11-17/h1-8,17-18H,9-12H2/i9D2,10D2. The number of hydrogen-bond donors (Lipinski definition) is 0. The number of carbonyl (C=O) groups excluding carboxylic acids is 1. The van der Waals surface area contributed by atoms with E-state index in [9.17, 15) is 4.79 Å². The molecule has 0 saturated carbocycles. The Kier molecular flexibility index (Phi) is 1.93. The molecule has 0 heterocycles. The second kappa shape index (κ2) is 4.59. The predicted molar refractivity (Wildman–Crippen MR) is 79.7 cm³/mol. The van der Waals surface area contributed by atoms with E-state index in [0.29, 0.717) is 24.0 Å². The van der Waals surface area contributed by atoms with E-state index in [1.54, 1.807) is 24.3 Å². The van der Waals surface area contributed by atoms with Crippen molar-refractivity contribution >= 4 is 5.78 Å². The number of ketones is 1. The normalized spacial score (nSPS) is 32.3. The molecule has 2 bridgehead atoms. The molecule has 0 spiro atoms. The van der Waals surface area contributed by atoms with Gasteiger partial charge in [-0.25, -0.2) is 0 Å². The van der Waals surface area contributed by atoms with Crippen molar-refractivity contribution in [2.24, 2.45) is 11.8 Å². The van der Waals surface area contributed by atoms with Gasteiger partial charge in [0.15, 0.2) is 0 Å². The summed E-state index contributed by atoms with van der Waals surface area (Å²) >= 11 is 0. The molecule has 2 aromatic rings. The zero-order valence-electron chi connectivity index (χ0n) is 15.1. The molecular formula is C19H18O. The Balaban J connectivity index is 2.01. The molecule has 1 nitrogen and oxygen atoms in total. The summed E-state index contributed by atoms with van der Waals surface area (Å²) in [5.41, 5.74) is 2.54. The second-order valence-electron chi connectivity index (χ2n) is 5.52. The Morgan fingerprint density at radius 3 is 1.60 bits per heavy atom. The van der Waals surface area contributed by atoms with Crippen LogP contribution in [0.15, 0.2) is 48.5 Å². The average Bonchev–Trinajstić information content (AvgIpc) is 2.74. The maximum absolute atomic E-state index is 13.1. The first-order chi connectivity index (χ1) is 11.3. The van der Waals surface area contributed by atoms with Crippen LogP contribution in [0.3, 0.4) is 0 Å². The van der Waals surface area contributed by atoms with Gasteiger partial charge in [0, 0.05) is 17.3 Å². The molecule has 100 valence electrons. The second-order valence-corrected chi connectivity index (χ2v) is 5.52. The van der Waals surface area contributed by atoms with Crippen LogP contribution in [0.25, 0.3) is 0 Å². The first-order valence-electron chi connectivity index (χ1n) is 9.04. The SMILES string of the molecule is [2H]C1([2H])c2ccccc2C([2H])([2H])C2Cc3ccccc3CC1C2=O. The molecule has 2 aromatic carbocycles. The van der Waals surface area contributed by atoms with Crippen molar-refractivity contribution in [2.45, 2.75) is 25.6 Å². The molecule has 2 aliphatic carbocycles. The molecule has 2 unspecified atom stereocenters. The lowest BCUT2D eigenvalue weighted by Gasteiger charge is -2.13. The zero-order valence-corrected chi connectivity index (χ0v) is 11.1. The third kappa shape index (κ3) is 1.89. The van der Waals surface area contributed by atoms with Crippen molar-refractivity contribution in [3.8, 4) is 0 Å². The summed E-state index contributed by atoms with van der Waals surface area (Å²) in [6.07, 6.45) is -3.12. The highest BCUT2D eigenvalue weighted by Crippen LogP contribution is 2.34. The highest BCUT2D eigenvalue weighted by molar-refractivity contribution is 5.86. The minimum Gasteiger partial charge on any atom is -0.299 e. The van der Waals surface area contributed by atoms with Crippen LogP contribution in [0.4, 0.5) is 0 Å². The molecule has 0 N–H and O–H groups in total. The number of fused-ring (bicyclic) bond motifs is 4. The minimum absolute atomic E-state index is 0.294. The highest BCUT2D eigenvalue weighted by Gasteiger charge is 2.34. The van der Waals surface area contributed by atoms with Gasteiger partial charge in [-0.2, -0.15) is 0 Å². The summed E-state index contributed by atoms with van der Waals surface area (Å²) in [7, 11) is 0. The molecule has 4 rings (SSSR count). The zero-order chi connectivity index (χ0) is 17.1. The third-order valence-corrected chi connectivity index (χ3v) is 4.24. The van der Waals surface area contributed by atoms with Crippen molar-refractivity contribution in [3.63, 3.8) is 0 Å². The lowest BCUT2D eigenvalue weighted by molar-refractivity contribution is -0.126. The van der Waals surface area contributed by atoms with Gasteiger partial charge in [0.2, 0.25) is 0 Å². The van der Waals surface area contributed by atoms with E-state index in [1.165, 1.54) is 0 Å². The Labute approximate surface area is 125 Å². The van der Waals surface area contributed by atoms with Gasteiger partial charge in [-0.15, -0.1) is 0 Å². The molecule has 2 atom stereocenters. The Morgan fingerprint density at radius 1 is 0.750 bits per heavy atom. The molecule has 0 saturated heterocycles. The van der Waals surface area contributed by atoms with Crippen LogP contribution in [0.2, 0.25) is 0 Å². The lowest BCUT2D eigenvalue weighted by Crippen LogP contribution is -2.24. The fourth-order valence-corrected chi connectivity index (χ4v) is 3.19. The van der Waals surface area contributed by atoms with E-state index in [0.717, 1.165) is 11.1 Å². The third-order valence-electron chi connectivity index (χ3n) is 4.24. The molecule has 2 aliphatic rings. The minimum atomic E-state index is -1.88. The van der Waals surface area contributed by atoms with Crippen LogP contribution in [0, 0.1) is 11.8 Å². The number of benzene rings is 2. The number of carbonyl (C=O) groups is 1. The van der Waals surface area contributed by atoms with Crippen molar-refractivity contribution in [3.05, 3.63) is 70.8 Å². The van der Waals surface area contributed by atoms with Crippen molar-refractivity contribution in [2.75, 3.05) is 0 Å². The fourth-order valence-electron chi connectivity index (χ4n) is 3.19. The van der Waals surface area contributed by atoms with Crippen molar-refractivity contribution < 1.29 is 10.3 Å². The summed E-state index contributed by atoms with van der Waals surface area (Å²) in [5.74, 6) is -2.01. The van der Waals surface area contributed by atoms with E-state index in [2.05, 4.69) is 0 Å². The van der Waals surface area contributed by atoms with Gasteiger partial charge in [0.1, 0.15) is 5.78 Å². The molecular weight excluding hydrogens is 244 g/mol. The van der Waals surface area contributed by atoms with Gasteiger partial charge < -0.3 is 0 Å². The van der Waals surface area contributed by atoms with Gasteiger partial charge >= 0.3 is 0 Å². The molecule has 0 radical (unpaired) electrons. The van der Waals surface area contributed by atoms with Gasteiger partial charge in [0.25, 0.3) is 0 Å². The Bertz CT molecular complexity index is 762. The summed E-state index contributed by atoms with van der Waals surface area (Å²) < 4.78 is 34.6. The van der Waals surface area contributed by atoms with E-state index < -0.39 is 24.6 Å². The maximum atomic E-state index is 13.1. The molecule has 0 aliphatic heterocycles. The van der Waals surface area contributed by atoms with Crippen LogP contribution in [0.5, 0.6) is 0 Å². The highest BCUT2D eigenvalue weighted by atomic mass is 16.1. The van der Waals surface area contributed by atoms with E-state index >= 15 is 0 Å². The summed E-state index contributed by atoms with van der Waals surface area (Å²) in [6, 6.07) is 14.3. The fraction of sp³-hybridized carbons (Fsp3) is 0.316. The van der Waals surface area contributed by atoms with Gasteiger partial charge in [0.05, 0.1) is 0 Å². The number of rotatable bonds is 0. The van der Waals surface area contributed by atoms with Crippen LogP contribution < -0.4 is 0 Å². The molecule has 0 aromatic heterocycles. The van der Waals surface area contributed by atoms with Gasteiger partial charge in [-0.1, -0.05) is 48.5 Å². The van der Waals surface area contributed by atoms with E-state index in [-0.39, 0.29) is 5.78 Å². The summed E-state index contributed by atoms with van der Waals surface area (Å²) in [6.45, 7) is 0. The quantitative estimate of drug-likeness (QED) is 0.714. The van der Waals surface area contributed by atoms with E-state index in [1.807, 2.05) is 24.3 Å². The molecule has 20 heavy (non-hydrogen) atoms. The Hall–Kier alpha value is -1.89. The number of hydrogen-bond acceptors (Lipinski definition) is 1. The van der Waals surface area contributed by atoms with Crippen LogP contribution in [-0.4, -0.2) is 5.78 Å². The molecule has 1 heteroatoms. The smallest absolute Gasteiger partial charge is 0.140 e. The van der Waals surface area contributed by atoms with Crippen LogP contribution >= 0.6 is 0 Å². The first kappa shape index (κ1) is 8.41. The number of Topliss-reactive ketones (excluding diaryl/α,β-unsaturated/α-hetero) is 1. The maximum Gasteiger partial charge on any atom is 0.140 e. The van der Waals surface area contributed by atoms with Crippen LogP contribution in [-0.2, 0) is 30.4 Å². The van der Waals surface area contributed by atoms with Gasteiger partial charge in [-0.05, 0) is 47.8 Å². The molecule has 0 amide bonds. The van der Waals surface area contributed by atoms with E-state index in [4.69, 9.17) is 5.48 Å². The van der Waals surface area contributed by atoms with Crippen molar-refractivity contribution in [1.29, 1.82) is 0 Å². The average molecular weight is 266 g/mol.